The number of aryl methyl sites for hydroxylation is 2. The first kappa shape index (κ1) is 17.9. The van der Waals surface area contributed by atoms with Crippen LogP contribution in [0.2, 0.25) is 0 Å². The molecule has 24 heavy (non-hydrogen) atoms. The molecule has 2 rings (SSSR count). The number of rotatable bonds is 6. The summed E-state index contributed by atoms with van der Waals surface area (Å²) in [7, 11) is 0. The molecule has 0 radical (unpaired) electrons. The molecule has 0 saturated heterocycles. The van der Waals surface area contributed by atoms with Crippen LogP contribution < -0.4 is 5.73 Å². The van der Waals surface area contributed by atoms with Gasteiger partial charge in [-0.2, -0.15) is 0 Å². The van der Waals surface area contributed by atoms with Gasteiger partial charge in [-0.25, -0.2) is 4.39 Å². The van der Waals surface area contributed by atoms with Gasteiger partial charge in [-0.15, -0.1) is 0 Å². The predicted octanol–water partition coefficient (Wildman–Crippen LogP) is 5.08. The van der Waals surface area contributed by atoms with Gasteiger partial charge in [-0.3, -0.25) is 4.99 Å². The van der Waals surface area contributed by atoms with Gasteiger partial charge in [-0.05, 0) is 60.2 Å². The van der Waals surface area contributed by atoms with Gasteiger partial charge in [0.1, 0.15) is 11.7 Å². The molecule has 0 aromatic heterocycles. The molecule has 0 aliphatic rings. The highest BCUT2D eigenvalue weighted by Crippen LogP contribution is 2.21. The van der Waals surface area contributed by atoms with E-state index in [1.807, 2.05) is 13.0 Å². The van der Waals surface area contributed by atoms with E-state index >= 15 is 0 Å². The smallest absolute Gasteiger partial charge is 0.123 e. The zero-order valence-corrected chi connectivity index (χ0v) is 14.6. The van der Waals surface area contributed by atoms with Crippen molar-refractivity contribution in [3.63, 3.8) is 0 Å². The van der Waals surface area contributed by atoms with Gasteiger partial charge in [0.15, 0.2) is 0 Å². The molecule has 0 fully saturated rings. The van der Waals surface area contributed by atoms with Gasteiger partial charge in [0.05, 0.1) is 6.04 Å². The van der Waals surface area contributed by atoms with Crippen LogP contribution in [-0.2, 0) is 12.8 Å². The molecule has 2 nitrogen and oxygen atoms in total. The Morgan fingerprint density at radius 1 is 1.12 bits per heavy atom. The Balaban J connectivity index is 2.14. The van der Waals surface area contributed by atoms with Crippen molar-refractivity contribution in [1.82, 2.24) is 0 Å². The lowest BCUT2D eigenvalue weighted by Gasteiger charge is -2.12. The van der Waals surface area contributed by atoms with E-state index in [4.69, 9.17) is 5.73 Å². The highest BCUT2D eigenvalue weighted by Gasteiger charge is 2.07. The molecule has 2 aromatic carbocycles. The summed E-state index contributed by atoms with van der Waals surface area (Å²) in [6.07, 6.45) is 5.54. The fraction of sp³-hybridized carbons (Fsp3) is 0.286. The van der Waals surface area contributed by atoms with E-state index in [0.29, 0.717) is 5.84 Å². The molecule has 1 unspecified atom stereocenters. The standard InChI is InChI=1S/C21H25FN2/c1-4-17-10-11-19(14-18(17)5-2)15(3)24-21(23)12-9-16-7-6-8-20(22)13-16/h6-15H,4-5H2,1-3H3,(H2,23,24)/b12-9+. The number of benzene rings is 2. The van der Waals surface area contributed by atoms with Gasteiger partial charge in [0, 0.05) is 0 Å². The number of nitrogens with zero attached hydrogens (tertiary/aromatic N) is 1. The molecule has 2 N–H and O–H groups in total. The first-order chi connectivity index (χ1) is 11.5. The van der Waals surface area contributed by atoms with Crippen molar-refractivity contribution in [2.75, 3.05) is 0 Å². The maximum absolute atomic E-state index is 13.2. The third-order valence-electron chi connectivity index (χ3n) is 4.11. The average molecular weight is 324 g/mol. The summed E-state index contributed by atoms with van der Waals surface area (Å²) < 4.78 is 13.2. The minimum atomic E-state index is -0.260. The van der Waals surface area contributed by atoms with E-state index < -0.39 is 0 Å². The Morgan fingerprint density at radius 2 is 1.88 bits per heavy atom. The number of amidine groups is 1. The van der Waals surface area contributed by atoms with E-state index in [0.717, 1.165) is 24.0 Å². The molecule has 2 aromatic rings. The second-order valence-corrected chi connectivity index (χ2v) is 5.85. The number of halogens is 1. The topological polar surface area (TPSA) is 38.4 Å². The van der Waals surface area contributed by atoms with Crippen LogP contribution in [0.15, 0.2) is 53.5 Å². The third-order valence-corrected chi connectivity index (χ3v) is 4.11. The van der Waals surface area contributed by atoms with E-state index in [-0.39, 0.29) is 11.9 Å². The van der Waals surface area contributed by atoms with E-state index in [9.17, 15) is 4.39 Å². The van der Waals surface area contributed by atoms with Crippen LogP contribution >= 0.6 is 0 Å². The van der Waals surface area contributed by atoms with Gasteiger partial charge in [0.2, 0.25) is 0 Å². The molecule has 0 aliphatic heterocycles. The van der Waals surface area contributed by atoms with Crippen LogP contribution in [-0.4, -0.2) is 5.84 Å². The fourth-order valence-electron chi connectivity index (χ4n) is 2.71. The minimum Gasteiger partial charge on any atom is -0.384 e. The van der Waals surface area contributed by atoms with Crippen LogP contribution in [0.3, 0.4) is 0 Å². The highest BCUT2D eigenvalue weighted by molar-refractivity contribution is 5.95. The van der Waals surface area contributed by atoms with Crippen molar-refractivity contribution < 1.29 is 4.39 Å². The zero-order valence-electron chi connectivity index (χ0n) is 14.6. The van der Waals surface area contributed by atoms with Crippen molar-refractivity contribution in [3.05, 3.63) is 76.6 Å². The summed E-state index contributed by atoms with van der Waals surface area (Å²) >= 11 is 0. The second kappa shape index (κ2) is 8.44. The van der Waals surface area contributed by atoms with Gasteiger partial charge in [-0.1, -0.05) is 50.3 Å². The third kappa shape index (κ3) is 4.79. The van der Waals surface area contributed by atoms with Crippen molar-refractivity contribution in [2.45, 2.75) is 39.7 Å². The summed E-state index contributed by atoms with van der Waals surface area (Å²) in [5.41, 5.74) is 10.7. The first-order valence-corrected chi connectivity index (χ1v) is 8.42. The SMILES string of the molecule is CCc1ccc(C(C)N=C(N)/C=C/c2cccc(F)c2)cc1CC. The molecule has 126 valence electrons. The highest BCUT2D eigenvalue weighted by atomic mass is 19.1. The lowest BCUT2D eigenvalue weighted by molar-refractivity contribution is 0.627. The fourth-order valence-corrected chi connectivity index (χ4v) is 2.71. The predicted molar refractivity (Wildman–Crippen MR) is 101 cm³/mol. The largest absolute Gasteiger partial charge is 0.384 e. The van der Waals surface area contributed by atoms with Crippen LogP contribution in [0, 0.1) is 5.82 Å². The number of hydrogen-bond donors (Lipinski definition) is 1. The summed E-state index contributed by atoms with van der Waals surface area (Å²) in [4.78, 5) is 4.53. The number of hydrogen-bond acceptors (Lipinski definition) is 1. The van der Waals surface area contributed by atoms with Crippen molar-refractivity contribution in [3.8, 4) is 0 Å². The maximum Gasteiger partial charge on any atom is 0.123 e. The Morgan fingerprint density at radius 3 is 2.54 bits per heavy atom. The second-order valence-electron chi connectivity index (χ2n) is 5.85. The average Bonchev–Trinajstić information content (AvgIpc) is 2.59. The van der Waals surface area contributed by atoms with E-state index in [2.05, 4.69) is 37.0 Å². The molecule has 0 heterocycles. The maximum atomic E-state index is 13.2. The lowest BCUT2D eigenvalue weighted by atomic mass is 9.97. The summed E-state index contributed by atoms with van der Waals surface area (Å²) in [6.45, 7) is 6.37. The minimum absolute atomic E-state index is 0.0154. The lowest BCUT2D eigenvalue weighted by Crippen LogP contribution is -2.09. The molecule has 0 amide bonds. The van der Waals surface area contributed by atoms with Crippen LogP contribution in [0.1, 0.15) is 49.1 Å². The van der Waals surface area contributed by atoms with E-state index in [1.165, 1.54) is 23.3 Å². The van der Waals surface area contributed by atoms with Crippen LogP contribution in [0.5, 0.6) is 0 Å². The Hall–Kier alpha value is -2.42. The summed E-state index contributed by atoms with van der Waals surface area (Å²) in [6, 6.07) is 12.9. The quantitative estimate of drug-likeness (QED) is 0.584. The van der Waals surface area contributed by atoms with E-state index in [1.54, 1.807) is 18.2 Å². The van der Waals surface area contributed by atoms with Gasteiger partial charge in [0.25, 0.3) is 0 Å². The Labute approximate surface area is 143 Å². The molecule has 0 aliphatic carbocycles. The van der Waals surface area contributed by atoms with Gasteiger partial charge >= 0.3 is 0 Å². The van der Waals surface area contributed by atoms with Gasteiger partial charge < -0.3 is 5.73 Å². The molecule has 0 bridgehead atoms. The summed E-state index contributed by atoms with van der Waals surface area (Å²) in [5.74, 6) is 0.175. The zero-order chi connectivity index (χ0) is 17.5. The number of aliphatic imine (C=N–C) groups is 1. The Bertz CT molecular complexity index is 747. The van der Waals surface area contributed by atoms with Crippen molar-refractivity contribution in [1.29, 1.82) is 0 Å². The first-order valence-electron chi connectivity index (χ1n) is 8.42. The monoisotopic (exact) mass is 324 g/mol. The normalized spacial score (nSPS) is 13.4. The Kier molecular flexibility index (Phi) is 6.30. The van der Waals surface area contributed by atoms with Crippen LogP contribution in [0.4, 0.5) is 4.39 Å². The van der Waals surface area contributed by atoms with Crippen LogP contribution in [0.25, 0.3) is 6.08 Å². The van der Waals surface area contributed by atoms with Crippen molar-refractivity contribution in [2.24, 2.45) is 10.7 Å². The van der Waals surface area contributed by atoms with Crippen molar-refractivity contribution >= 4 is 11.9 Å². The molecular weight excluding hydrogens is 299 g/mol. The molecule has 0 spiro atoms. The molecule has 3 heteroatoms. The number of nitrogens with two attached hydrogens (primary N) is 1. The summed E-state index contributed by atoms with van der Waals surface area (Å²) in [5, 5.41) is 0. The molecule has 1 atom stereocenters. The molecular formula is C21H25FN2. The molecule has 0 saturated carbocycles.